The van der Waals surface area contributed by atoms with Gasteiger partial charge in [-0.1, -0.05) is 56.5 Å². The molecule has 4 heteroatoms. The van der Waals surface area contributed by atoms with E-state index in [0.717, 1.165) is 44.4 Å². The summed E-state index contributed by atoms with van der Waals surface area (Å²) >= 11 is 0. The molecule has 0 aromatic rings. The van der Waals surface area contributed by atoms with E-state index in [1.165, 1.54) is 44.9 Å². The fraction of sp³-hybridized carbons (Fsp3) is 0.889. The molecule has 0 aromatic carbocycles. The van der Waals surface area contributed by atoms with Crippen LogP contribution < -0.4 is 0 Å². The van der Waals surface area contributed by atoms with Crippen molar-refractivity contribution in [2.75, 3.05) is 0 Å². The van der Waals surface area contributed by atoms with Crippen molar-refractivity contribution >= 4 is 11.7 Å². The summed E-state index contributed by atoms with van der Waals surface area (Å²) in [7, 11) is 0. The van der Waals surface area contributed by atoms with Gasteiger partial charge < -0.3 is 9.94 Å². The highest BCUT2D eigenvalue weighted by Crippen LogP contribution is 2.28. The second-order valence-corrected chi connectivity index (χ2v) is 6.96. The number of esters is 1. The summed E-state index contributed by atoms with van der Waals surface area (Å²) in [5, 5.41) is 12.2. The van der Waals surface area contributed by atoms with E-state index in [1.54, 1.807) is 0 Å². The normalized spacial score (nSPS) is 21.7. The number of rotatable bonds is 7. The van der Waals surface area contributed by atoms with E-state index < -0.39 is 5.97 Å². The third-order valence-corrected chi connectivity index (χ3v) is 5.18. The first-order valence-corrected chi connectivity index (χ1v) is 9.21. The summed E-state index contributed by atoms with van der Waals surface area (Å²) in [4.78, 5) is 12.0. The van der Waals surface area contributed by atoms with Crippen LogP contribution in [0.3, 0.4) is 0 Å². The standard InChI is InChI=1S/C18H31NO3/c20-18(22-16-12-5-2-6-13-16)17(19-21)14-8-7-11-15-9-3-1-4-10-15/h15-16,21H,1-14H2. The van der Waals surface area contributed by atoms with Gasteiger partial charge in [-0.3, -0.25) is 0 Å². The van der Waals surface area contributed by atoms with E-state index in [2.05, 4.69) is 5.16 Å². The van der Waals surface area contributed by atoms with Crippen molar-refractivity contribution in [3.63, 3.8) is 0 Å². The number of hydrogen-bond donors (Lipinski definition) is 1. The Morgan fingerprint density at radius 2 is 1.59 bits per heavy atom. The molecule has 2 aliphatic rings. The van der Waals surface area contributed by atoms with Crippen molar-refractivity contribution in [2.45, 2.75) is 96.0 Å². The molecule has 2 aliphatic carbocycles. The van der Waals surface area contributed by atoms with Crippen LogP contribution in [-0.2, 0) is 9.53 Å². The van der Waals surface area contributed by atoms with Gasteiger partial charge in [-0.15, -0.1) is 0 Å². The molecule has 0 unspecified atom stereocenters. The maximum absolute atomic E-state index is 12.0. The van der Waals surface area contributed by atoms with E-state index in [1.807, 2.05) is 0 Å². The lowest BCUT2D eigenvalue weighted by molar-refractivity contribution is -0.142. The van der Waals surface area contributed by atoms with E-state index in [0.29, 0.717) is 6.42 Å². The van der Waals surface area contributed by atoms with Crippen LogP contribution in [0.1, 0.15) is 89.9 Å². The highest BCUT2D eigenvalue weighted by atomic mass is 16.5. The fourth-order valence-electron chi connectivity index (χ4n) is 3.80. The minimum Gasteiger partial charge on any atom is -0.458 e. The number of ether oxygens (including phenoxy) is 1. The minimum absolute atomic E-state index is 0.0280. The Bertz CT molecular complexity index is 355. The Balaban J connectivity index is 1.62. The van der Waals surface area contributed by atoms with Crippen molar-refractivity contribution in [2.24, 2.45) is 11.1 Å². The molecule has 0 aromatic heterocycles. The molecule has 0 radical (unpaired) electrons. The lowest BCUT2D eigenvalue weighted by Gasteiger charge is -2.22. The average molecular weight is 309 g/mol. The first kappa shape index (κ1) is 17.3. The van der Waals surface area contributed by atoms with Crippen molar-refractivity contribution < 1.29 is 14.7 Å². The highest BCUT2D eigenvalue weighted by Gasteiger charge is 2.21. The smallest absolute Gasteiger partial charge is 0.356 e. The van der Waals surface area contributed by atoms with Crippen LogP contribution >= 0.6 is 0 Å². The van der Waals surface area contributed by atoms with Crippen LogP contribution in [-0.4, -0.2) is 23.0 Å². The topological polar surface area (TPSA) is 58.9 Å². The molecule has 2 saturated carbocycles. The van der Waals surface area contributed by atoms with Crippen LogP contribution in [0.25, 0.3) is 0 Å². The Morgan fingerprint density at radius 1 is 0.955 bits per heavy atom. The lowest BCUT2D eigenvalue weighted by Crippen LogP contribution is -2.26. The predicted molar refractivity (Wildman–Crippen MR) is 87.2 cm³/mol. The SMILES string of the molecule is O=C(OC1CCCCC1)C(CCCCC1CCCCC1)=NO. The van der Waals surface area contributed by atoms with Gasteiger partial charge in [-0.2, -0.15) is 0 Å². The second kappa shape index (κ2) is 9.86. The first-order valence-electron chi connectivity index (χ1n) is 9.21. The lowest BCUT2D eigenvalue weighted by atomic mass is 9.85. The second-order valence-electron chi connectivity index (χ2n) is 6.96. The molecule has 126 valence electrons. The Labute approximate surface area is 134 Å². The largest absolute Gasteiger partial charge is 0.458 e. The van der Waals surface area contributed by atoms with Crippen molar-refractivity contribution in [3.8, 4) is 0 Å². The third-order valence-electron chi connectivity index (χ3n) is 5.18. The molecule has 2 rings (SSSR count). The van der Waals surface area contributed by atoms with E-state index in [9.17, 15) is 4.79 Å². The zero-order chi connectivity index (χ0) is 15.6. The summed E-state index contributed by atoms with van der Waals surface area (Å²) in [5.74, 6) is 0.463. The Morgan fingerprint density at radius 3 is 2.23 bits per heavy atom. The van der Waals surface area contributed by atoms with Crippen molar-refractivity contribution in [1.29, 1.82) is 0 Å². The number of carbonyl (C=O) groups excluding carboxylic acids is 1. The first-order chi connectivity index (χ1) is 10.8. The molecule has 4 nitrogen and oxygen atoms in total. The van der Waals surface area contributed by atoms with E-state index in [4.69, 9.17) is 9.94 Å². The Hall–Kier alpha value is -1.06. The summed E-state index contributed by atoms with van der Waals surface area (Å²) in [6, 6.07) is 0. The van der Waals surface area contributed by atoms with Crippen molar-refractivity contribution in [3.05, 3.63) is 0 Å². The fourth-order valence-corrected chi connectivity index (χ4v) is 3.80. The van der Waals surface area contributed by atoms with Gasteiger partial charge in [0.1, 0.15) is 6.10 Å². The molecule has 0 heterocycles. The van der Waals surface area contributed by atoms with Gasteiger partial charge >= 0.3 is 5.97 Å². The van der Waals surface area contributed by atoms with Gasteiger partial charge in [0.2, 0.25) is 0 Å². The van der Waals surface area contributed by atoms with Gasteiger partial charge in [0.15, 0.2) is 5.71 Å². The van der Waals surface area contributed by atoms with Crippen LogP contribution in [0.4, 0.5) is 0 Å². The number of hydrogen-bond acceptors (Lipinski definition) is 4. The third kappa shape index (κ3) is 5.98. The molecule has 0 aliphatic heterocycles. The summed E-state index contributed by atoms with van der Waals surface area (Å²) < 4.78 is 5.46. The summed E-state index contributed by atoms with van der Waals surface area (Å²) in [6.45, 7) is 0. The quantitative estimate of drug-likeness (QED) is 0.241. The monoisotopic (exact) mass is 309 g/mol. The molecular formula is C18H31NO3. The summed E-state index contributed by atoms with van der Waals surface area (Å²) in [6.07, 6.45) is 16.1. The van der Waals surface area contributed by atoms with Crippen LogP contribution in [0.15, 0.2) is 5.16 Å². The predicted octanol–water partition coefficient (Wildman–Crippen LogP) is 4.83. The van der Waals surface area contributed by atoms with Crippen LogP contribution in [0.5, 0.6) is 0 Å². The van der Waals surface area contributed by atoms with Gasteiger partial charge in [-0.05, 0) is 38.0 Å². The molecule has 0 saturated heterocycles. The summed E-state index contributed by atoms with van der Waals surface area (Å²) in [5.41, 5.74) is 0.203. The number of carbonyl (C=O) groups is 1. The van der Waals surface area contributed by atoms with Crippen molar-refractivity contribution in [1.82, 2.24) is 0 Å². The van der Waals surface area contributed by atoms with Gasteiger partial charge in [0.25, 0.3) is 0 Å². The molecule has 0 atom stereocenters. The van der Waals surface area contributed by atoms with Gasteiger partial charge in [0.05, 0.1) is 0 Å². The molecular weight excluding hydrogens is 278 g/mol. The molecule has 22 heavy (non-hydrogen) atoms. The molecule has 0 spiro atoms. The molecule has 0 bridgehead atoms. The average Bonchev–Trinajstić information content (AvgIpc) is 2.56. The zero-order valence-electron chi connectivity index (χ0n) is 13.8. The van der Waals surface area contributed by atoms with Crippen LogP contribution in [0.2, 0.25) is 0 Å². The van der Waals surface area contributed by atoms with Gasteiger partial charge in [0, 0.05) is 6.42 Å². The van der Waals surface area contributed by atoms with Gasteiger partial charge in [-0.25, -0.2) is 4.79 Å². The minimum atomic E-state index is -0.410. The number of unbranched alkanes of at least 4 members (excludes halogenated alkanes) is 1. The van der Waals surface area contributed by atoms with Crippen LogP contribution in [0, 0.1) is 5.92 Å². The van der Waals surface area contributed by atoms with E-state index >= 15 is 0 Å². The number of oxime groups is 1. The molecule has 1 N–H and O–H groups in total. The zero-order valence-corrected chi connectivity index (χ0v) is 13.8. The highest BCUT2D eigenvalue weighted by molar-refractivity contribution is 6.36. The van der Waals surface area contributed by atoms with E-state index in [-0.39, 0.29) is 11.8 Å². The maximum Gasteiger partial charge on any atom is 0.356 e. The maximum atomic E-state index is 12.0. The number of nitrogens with zero attached hydrogens (tertiary/aromatic N) is 1. The Kier molecular flexibility index (Phi) is 7.75. The molecule has 2 fully saturated rings. The molecule has 0 amide bonds.